The van der Waals surface area contributed by atoms with E-state index in [0.717, 1.165) is 16.9 Å². The number of benzene rings is 2. The molecule has 0 spiro atoms. The Labute approximate surface area is 164 Å². The van der Waals surface area contributed by atoms with Gasteiger partial charge in [-0.05, 0) is 55.8 Å². The molecule has 148 valence electrons. The van der Waals surface area contributed by atoms with E-state index >= 15 is 0 Å². The summed E-state index contributed by atoms with van der Waals surface area (Å²) in [6, 6.07) is 12.2. The van der Waals surface area contributed by atoms with Crippen LogP contribution in [0.4, 0.5) is 17.1 Å². The van der Waals surface area contributed by atoms with Crippen LogP contribution in [0, 0.1) is 6.92 Å². The molecule has 28 heavy (non-hydrogen) atoms. The van der Waals surface area contributed by atoms with Crippen LogP contribution in [0.2, 0.25) is 0 Å². The van der Waals surface area contributed by atoms with E-state index in [1.165, 1.54) is 0 Å². The van der Waals surface area contributed by atoms with Gasteiger partial charge in [0.25, 0.3) is 5.91 Å². The summed E-state index contributed by atoms with van der Waals surface area (Å²) in [7, 11) is 0. The van der Waals surface area contributed by atoms with Gasteiger partial charge in [0, 0.05) is 35.6 Å². The summed E-state index contributed by atoms with van der Waals surface area (Å²) in [5, 5.41) is 11.4. The van der Waals surface area contributed by atoms with Crippen molar-refractivity contribution in [1.29, 1.82) is 0 Å². The number of aryl methyl sites for hydroxylation is 1. The van der Waals surface area contributed by atoms with Gasteiger partial charge >= 0.3 is 0 Å². The Kier molecular flexibility index (Phi) is 7.56. The van der Waals surface area contributed by atoms with E-state index < -0.39 is 0 Å². The van der Waals surface area contributed by atoms with Gasteiger partial charge in [-0.15, -0.1) is 0 Å². The molecule has 2 rings (SSSR count). The Morgan fingerprint density at radius 1 is 0.857 bits per heavy atom. The number of anilines is 3. The van der Waals surface area contributed by atoms with Crippen LogP contribution in [0.5, 0.6) is 0 Å². The molecule has 0 aliphatic heterocycles. The first-order chi connectivity index (χ1) is 13.4. The van der Waals surface area contributed by atoms with Crippen LogP contribution in [-0.2, 0) is 9.59 Å². The smallest absolute Gasteiger partial charge is 0.251 e. The molecule has 0 saturated carbocycles. The molecule has 7 nitrogen and oxygen atoms in total. The topological polar surface area (TPSA) is 99.3 Å². The lowest BCUT2D eigenvalue weighted by molar-refractivity contribution is -0.116. The van der Waals surface area contributed by atoms with Crippen molar-refractivity contribution in [1.82, 2.24) is 5.32 Å². The summed E-state index contributed by atoms with van der Waals surface area (Å²) in [6.07, 6.45) is 0.401. The molecule has 0 saturated heterocycles. The van der Waals surface area contributed by atoms with Gasteiger partial charge in [-0.2, -0.15) is 0 Å². The van der Waals surface area contributed by atoms with E-state index in [2.05, 4.69) is 21.3 Å². The zero-order chi connectivity index (χ0) is 20.5. The highest BCUT2D eigenvalue weighted by atomic mass is 16.2. The van der Waals surface area contributed by atoms with Crippen LogP contribution < -0.4 is 21.3 Å². The second-order valence-corrected chi connectivity index (χ2v) is 6.27. The Morgan fingerprint density at radius 2 is 1.54 bits per heavy atom. The molecule has 0 heterocycles. The minimum absolute atomic E-state index is 0.0611. The van der Waals surface area contributed by atoms with E-state index in [0.29, 0.717) is 24.2 Å². The van der Waals surface area contributed by atoms with Gasteiger partial charge in [-0.1, -0.05) is 13.0 Å². The summed E-state index contributed by atoms with van der Waals surface area (Å²) in [6.45, 7) is 6.19. The molecule has 0 radical (unpaired) electrons. The third kappa shape index (κ3) is 6.12. The average Bonchev–Trinajstić information content (AvgIpc) is 2.69. The average molecular weight is 382 g/mol. The standard InChI is InChI=1S/C21H26N4O3/c1-4-19(26)25-18-12-17(9-6-14(18)3)23-13-20(27)24-16-10-7-15(8-11-16)21(28)22-5-2/h6-12,23H,4-5,13H2,1-3H3,(H,22,28)(H,24,27)(H,25,26). The maximum absolute atomic E-state index is 12.2. The second-order valence-electron chi connectivity index (χ2n) is 6.27. The van der Waals surface area contributed by atoms with Gasteiger partial charge in [0.1, 0.15) is 0 Å². The molecule has 2 aromatic rings. The van der Waals surface area contributed by atoms with E-state index in [9.17, 15) is 14.4 Å². The molecular weight excluding hydrogens is 356 g/mol. The van der Waals surface area contributed by atoms with Crippen molar-refractivity contribution in [3.8, 4) is 0 Å². The van der Waals surface area contributed by atoms with Crippen molar-refractivity contribution in [2.45, 2.75) is 27.2 Å². The first kappa shape index (κ1) is 21.0. The van der Waals surface area contributed by atoms with Crippen LogP contribution in [0.15, 0.2) is 42.5 Å². The largest absolute Gasteiger partial charge is 0.376 e. The molecule has 0 aliphatic carbocycles. The van der Waals surface area contributed by atoms with Gasteiger partial charge in [-0.3, -0.25) is 14.4 Å². The Bertz CT molecular complexity index is 847. The molecule has 0 unspecified atom stereocenters. The number of rotatable bonds is 8. The molecule has 3 amide bonds. The minimum atomic E-state index is -0.217. The SMILES string of the molecule is CCNC(=O)c1ccc(NC(=O)CNc2ccc(C)c(NC(=O)CC)c2)cc1. The fourth-order valence-electron chi connectivity index (χ4n) is 2.46. The van der Waals surface area contributed by atoms with Gasteiger partial charge < -0.3 is 21.3 Å². The fourth-order valence-corrected chi connectivity index (χ4v) is 2.46. The number of hydrogen-bond acceptors (Lipinski definition) is 4. The van der Waals surface area contributed by atoms with E-state index in [4.69, 9.17) is 0 Å². The molecule has 0 aliphatic rings. The fraction of sp³-hybridized carbons (Fsp3) is 0.286. The highest BCUT2D eigenvalue weighted by Crippen LogP contribution is 2.20. The number of nitrogens with one attached hydrogen (secondary N) is 4. The second kappa shape index (κ2) is 10.1. The third-order valence-electron chi connectivity index (χ3n) is 4.05. The van der Waals surface area contributed by atoms with Gasteiger partial charge in [0.15, 0.2) is 0 Å². The van der Waals surface area contributed by atoms with E-state index in [1.807, 2.05) is 26.0 Å². The predicted molar refractivity (Wildman–Crippen MR) is 112 cm³/mol. The van der Waals surface area contributed by atoms with Crippen molar-refractivity contribution in [3.63, 3.8) is 0 Å². The first-order valence-electron chi connectivity index (χ1n) is 9.25. The molecule has 2 aromatic carbocycles. The van der Waals surface area contributed by atoms with Crippen LogP contribution in [-0.4, -0.2) is 30.8 Å². The summed E-state index contributed by atoms with van der Waals surface area (Å²) >= 11 is 0. The molecular formula is C21H26N4O3. The van der Waals surface area contributed by atoms with Gasteiger partial charge in [0.2, 0.25) is 11.8 Å². The zero-order valence-corrected chi connectivity index (χ0v) is 16.4. The van der Waals surface area contributed by atoms with Crippen LogP contribution in [0.1, 0.15) is 36.2 Å². The monoisotopic (exact) mass is 382 g/mol. The summed E-state index contributed by atoms with van der Waals surface area (Å²) in [4.78, 5) is 35.5. The van der Waals surface area contributed by atoms with E-state index in [1.54, 1.807) is 37.3 Å². The van der Waals surface area contributed by atoms with Crippen LogP contribution in [0.3, 0.4) is 0 Å². The predicted octanol–water partition coefficient (Wildman–Crippen LogP) is 3.14. The van der Waals surface area contributed by atoms with E-state index in [-0.39, 0.29) is 24.3 Å². The Hall–Kier alpha value is -3.35. The summed E-state index contributed by atoms with van der Waals surface area (Å²) in [5.41, 5.74) is 3.56. The third-order valence-corrected chi connectivity index (χ3v) is 4.05. The lowest BCUT2D eigenvalue weighted by atomic mass is 10.1. The summed E-state index contributed by atoms with van der Waals surface area (Å²) in [5.74, 6) is -0.424. The minimum Gasteiger partial charge on any atom is -0.376 e. The maximum atomic E-state index is 12.2. The Morgan fingerprint density at radius 3 is 2.18 bits per heavy atom. The molecule has 7 heteroatoms. The number of carbonyl (C=O) groups is 3. The zero-order valence-electron chi connectivity index (χ0n) is 16.4. The lowest BCUT2D eigenvalue weighted by Gasteiger charge is -2.12. The molecule has 0 aromatic heterocycles. The van der Waals surface area contributed by atoms with Crippen molar-refractivity contribution in [2.75, 3.05) is 29.0 Å². The highest BCUT2D eigenvalue weighted by molar-refractivity contribution is 5.97. The summed E-state index contributed by atoms with van der Waals surface area (Å²) < 4.78 is 0. The molecule has 0 fully saturated rings. The number of hydrogen-bond donors (Lipinski definition) is 4. The highest BCUT2D eigenvalue weighted by Gasteiger charge is 2.07. The molecule has 4 N–H and O–H groups in total. The van der Waals surface area contributed by atoms with Crippen LogP contribution in [0.25, 0.3) is 0 Å². The number of amides is 3. The lowest BCUT2D eigenvalue weighted by Crippen LogP contribution is -2.23. The van der Waals surface area contributed by atoms with Crippen molar-refractivity contribution in [2.24, 2.45) is 0 Å². The van der Waals surface area contributed by atoms with Crippen LogP contribution >= 0.6 is 0 Å². The quantitative estimate of drug-likeness (QED) is 0.564. The normalized spacial score (nSPS) is 10.1. The Balaban J connectivity index is 1.91. The van der Waals surface area contributed by atoms with Crippen molar-refractivity contribution >= 4 is 34.8 Å². The first-order valence-corrected chi connectivity index (χ1v) is 9.25. The van der Waals surface area contributed by atoms with Gasteiger partial charge in [0.05, 0.1) is 6.54 Å². The van der Waals surface area contributed by atoms with Crippen molar-refractivity contribution < 1.29 is 14.4 Å². The number of carbonyl (C=O) groups excluding carboxylic acids is 3. The maximum Gasteiger partial charge on any atom is 0.251 e. The molecule has 0 bridgehead atoms. The van der Waals surface area contributed by atoms with Crippen molar-refractivity contribution in [3.05, 3.63) is 53.6 Å². The van der Waals surface area contributed by atoms with Gasteiger partial charge in [-0.25, -0.2) is 0 Å². The molecule has 0 atom stereocenters.